The zero-order valence-electron chi connectivity index (χ0n) is 13.4. The van der Waals surface area contributed by atoms with Crippen LogP contribution in [0.1, 0.15) is 18.0 Å². The third-order valence-electron chi connectivity index (χ3n) is 3.38. The summed E-state index contributed by atoms with van der Waals surface area (Å²) in [5.41, 5.74) is 6.02. The van der Waals surface area contributed by atoms with Gasteiger partial charge in [-0.2, -0.15) is 0 Å². The standard InChI is InChI=1S/C18H20N2O4/c1-23-14-9-5-6-10-15(14)24-12-11-16(21)20-17(18(19)22)13-7-3-2-4-8-13/h2-10,17H,11-12H2,1H3,(H2,19,22)(H,20,21). The molecule has 0 bridgehead atoms. The van der Waals surface area contributed by atoms with E-state index in [9.17, 15) is 9.59 Å². The number of amides is 2. The monoisotopic (exact) mass is 328 g/mol. The van der Waals surface area contributed by atoms with E-state index in [2.05, 4.69) is 5.32 Å². The molecular weight excluding hydrogens is 308 g/mol. The Hall–Kier alpha value is -3.02. The molecule has 2 aromatic carbocycles. The van der Waals surface area contributed by atoms with Gasteiger partial charge in [0.15, 0.2) is 11.5 Å². The van der Waals surface area contributed by atoms with Gasteiger partial charge in [0, 0.05) is 0 Å². The van der Waals surface area contributed by atoms with E-state index in [4.69, 9.17) is 15.2 Å². The fraction of sp³-hybridized carbons (Fsp3) is 0.222. The highest BCUT2D eigenvalue weighted by Crippen LogP contribution is 2.25. The highest BCUT2D eigenvalue weighted by Gasteiger charge is 2.19. The van der Waals surface area contributed by atoms with Crippen molar-refractivity contribution in [3.05, 3.63) is 60.2 Å². The molecule has 3 N–H and O–H groups in total. The van der Waals surface area contributed by atoms with Gasteiger partial charge in [-0.25, -0.2) is 0 Å². The van der Waals surface area contributed by atoms with E-state index >= 15 is 0 Å². The second kappa shape index (κ2) is 8.57. The van der Waals surface area contributed by atoms with Crippen molar-refractivity contribution in [1.29, 1.82) is 0 Å². The molecule has 6 heteroatoms. The fourth-order valence-electron chi connectivity index (χ4n) is 2.19. The molecular formula is C18H20N2O4. The predicted octanol–water partition coefficient (Wildman–Crippen LogP) is 1.81. The number of hydrogen-bond acceptors (Lipinski definition) is 4. The molecule has 1 atom stereocenters. The maximum absolute atomic E-state index is 12.0. The van der Waals surface area contributed by atoms with Crippen LogP contribution in [0.15, 0.2) is 54.6 Å². The van der Waals surface area contributed by atoms with Crippen LogP contribution in [-0.4, -0.2) is 25.5 Å². The van der Waals surface area contributed by atoms with E-state index in [1.54, 1.807) is 43.5 Å². The van der Waals surface area contributed by atoms with Crippen molar-refractivity contribution in [3.8, 4) is 11.5 Å². The van der Waals surface area contributed by atoms with Gasteiger partial charge in [-0.05, 0) is 17.7 Å². The first kappa shape index (κ1) is 17.3. The predicted molar refractivity (Wildman–Crippen MR) is 89.6 cm³/mol. The van der Waals surface area contributed by atoms with Crippen molar-refractivity contribution in [2.45, 2.75) is 12.5 Å². The summed E-state index contributed by atoms with van der Waals surface area (Å²) in [6, 6.07) is 15.2. The Balaban J connectivity index is 1.89. The van der Waals surface area contributed by atoms with Gasteiger partial charge >= 0.3 is 0 Å². The van der Waals surface area contributed by atoms with E-state index in [1.165, 1.54) is 0 Å². The maximum Gasteiger partial charge on any atom is 0.244 e. The number of nitrogens with one attached hydrogen (secondary N) is 1. The SMILES string of the molecule is COc1ccccc1OCCC(=O)NC(C(N)=O)c1ccccc1. The number of hydrogen-bond donors (Lipinski definition) is 2. The highest BCUT2D eigenvalue weighted by atomic mass is 16.5. The topological polar surface area (TPSA) is 90.7 Å². The van der Waals surface area contributed by atoms with Crippen molar-refractivity contribution in [1.82, 2.24) is 5.32 Å². The van der Waals surface area contributed by atoms with Crippen LogP contribution >= 0.6 is 0 Å². The quantitative estimate of drug-likeness (QED) is 0.773. The number of benzene rings is 2. The number of ether oxygens (including phenoxy) is 2. The molecule has 2 amide bonds. The normalized spacial score (nSPS) is 11.4. The van der Waals surface area contributed by atoms with Gasteiger partial charge < -0.3 is 20.5 Å². The number of primary amides is 1. The summed E-state index contributed by atoms with van der Waals surface area (Å²) in [5, 5.41) is 2.62. The third-order valence-corrected chi connectivity index (χ3v) is 3.38. The van der Waals surface area contributed by atoms with E-state index in [0.29, 0.717) is 17.1 Å². The molecule has 0 radical (unpaired) electrons. The number of para-hydroxylation sites is 2. The lowest BCUT2D eigenvalue weighted by Gasteiger charge is -2.16. The molecule has 0 heterocycles. The number of rotatable bonds is 8. The first-order valence-corrected chi connectivity index (χ1v) is 7.51. The second-order valence-electron chi connectivity index (χ2n) is 5.06. The molecule has 126 valence electrons. The lowest BCUT2D eigenvalue weighted by atomic mass is 10.1. The number of methoxy groups -OCH3 is 1. The lowest BCUT2D eigenvalue weighted by molar-refractivity contribution is -0.127. The number of nitrogens with two attached hydrogens (primary N) is 1. The van der Waals surface area contributed by atoms with Crippen molar-refractivity contribution in [3.63, 3.8) is 0 Å². The Labute approximate surface area is 140 Å². The summed E-state index contributed by atoms with van der Waals surface area (Å²) in [5.74, 6) is 0.220. The Morgan fingerprint density at radius 2 is 1.67 bits per heavy atom. The molecule has 6 nitrogen and oxygen atoms in total. The van der Waals surface area contributed by atoms with Gasteiger partial charge in [0.2, 0.25) is 11.8 Å². The minimum absolute atomic E-state index is 0.0919. The molecule has 0 fully saturated rings. The molecule has 0 spiro atoms. The Morgan fingerprint density at radius 3 is 2.29 bits per heavy atom. The average molecular weight is 328 g/mol. The van der Waals surface area contributed by atoms with Crippen LogP contribution in [0.2, 0.25) is 0 Å². The maximum atomic E-state index is 12.0. The fourth-order valence-corrected chi connectivity index (χ4v) is 2.19. The van der Waals surface area contributed by atoms with Crippen LogP contribution in [-0.2, 0) is 9.59 Å². The van der Waals surface area contributed by atoms with Gasteiger partial charge in [-0.3, -0.25) is 9.59 Å². The van der Waals surface area contributed by atoms with Crippen LogP contribution < -0.4 is 20.5 Å². The van der Waals surface area contributed by atoms with Gasteiger partial charge in [-0.15, -0.1) is 0 Å². The number of carbonyl (C=O) groups is 2. The van der Waals surface area contributed by atoms with Crippen LogP contribution in [0, 0.1) is 0 Å². The summed E-state index contributed by atoms with van der Waals surface area (Å²) >= 11 is 0. The Morgan fingerprint density at radius 1 is 1.04 bits per heavy atom. The van der Waals surface area contributed by atoms with E-state index in [1.807, 2.05) is 18.2 Å². The van der Waals surface area contributed by atoms with Crippen molar-refractivity contribution >= 4 is 11.8 Å². The first-order valence-electron chi connectivity index (χ1n) is 7.51. The van der Waals surface area contributed by atoms with E-state index < -0.39 is 11.9 Å². The molecule has 0 saturated heterocycles. The van der Waals surface area contributed by atoms with Crippen LogP contribution in [0.5, 0.6) is 11.5 Å². The van der Waals surface area contributed by atoms with E-state index in [-0.39, 0.29) is 18.9 Å². The van der Waals surface area contributed by atoms with Gasteiger partial charge in [0.25, 0.3) is 0 Å². The molecule has 2 aromatic rings. The summed E-state index contributed by atoms with van der Waals surface area (Å²) < 4.78 is 10.7. The van der Waals surface area contributed by atoms with Crippen LogP contribution in [0.4, 0.5) is 0 Å². The average Bonchev–Trinajstić information content (AvgIpc) is 2.60. The summed E-state index contributed by atoms with van der Waals surface area (Å²) in [6.45, 7) is 0.159. The van der Waals surface area contributed by atoms with Crippen molar-refractivity contribution in [2.75, 3.05) is 13.7 Å². The first-order chi connectivity index (χ1) is 11.6. The summed E-state index contributed by atoms with van der Waals surface area (Å²) in [4.78, 5) is 23.6. The van der Waals surface area contributed by atoms with E-state index in [0.717, 1.165) is 0 Å². The smallest absolute Gasteiger partial charge is 0.244 e. The lowest BCUT2D eigenvalue weighted by Crippen LogP contribution is -2.37. The third kappa shape index (κ3) is 4.74. The largest absolute Gasteiger partial charge is 0.493 e. The molecule has 24 heavy (non-hydrogen) atoms. The molecule has 2 rings (SSSR count). The minimum atomic E-state index is -0.857. The van der Waals surface area contributed by atoms with Crippen molar-refractivity contribution < 1.29 is 19.1 Å². The molecule has 1 unspecified atom stereocenters. The zero-order chi connectivity index (χ0) is 17.4. The Kier molecular flexibility index (Phi) is 6.19. The van der Waals surface area contributed by atoms with Gasteiger partial charge in [0.05, 0.1) is 20.1 Å². The molecule has 0 aliphatic carbocycles. The van der Waals surface area contributed by atoms with Crippen LogP contribution in [0.25, 0.3) is 0 Å². The van der Waals surface area contributed by atoms with Crippen LogP contribution in [0.3, 0.4) is 0 Å². The van der Waals surface area contributed by atoms with Gasteiger partial charge in [0.1, 0.15) is 6.04 Å². The Bertz CT molecular complexity index is 688. The summed E-state index contributed by atoms with van der Waals surface area (Å²) in [7, 11) is 1.55. The second-order valence-corrected chi connectivity index (χ2v) is 5.06. The molecule has 0 aliphatic heterocycles. The molecule has 0 aromatic heterocycles. The minimum Gasteiger partial charge on any atom is -0.493 e. The molecule has 0 saturated carbocycles. The molecule has 0 aliphatic rings. The highest BCUT2D eigenvalue weighted by molar-refractivity contribution is 5.87. The number of carbonyl (C=O) groups excluding carboxylic acids is 2. The summed E-state index contributed by atoms with van der Waals surface area (Å²) in [6.07, 6.45) is 0.0919. The zero-order valence-corrected chi connectivity index (χ0v) is 13.4. The van der Waals surface area contributed by atoms with Gasteiger partial charge in [-0.1, -0.05) is 42.5 Å². The van der Waals surface area contributed by atoms with Crippen molar-refractivity contribution in [2.24, 2.45) is 5.73 Å².